The van der Waals surface area contributed by atoms with Crippen LogP contribution in [0.5, 0.6) is 0 Å². The lowest BCUT2D eigenvalue weighted by atomic mass is 9.98. The van der Waals surface area contributed by atoms with E-state index in [0.29, 0.717) is 12.8 Å². The maximum absolute atomic E-state index is 12.1. The first-order valence-corrected chi connectivity index (χ1v) is 10.8. The van der Waals surface area contributed by atoms with Crippen LogP contribution in [0.4, 0.5) is 4.79 Å². The van der Waals surface area contributed by atoms with E-state index in [1.54, 1.807) is 6.92 Å². The SMILES string of the molecule is CCC[C@@H](NC(=O)CNC(=O)CNC(=O)OCC1c2ccccc2-c2ccccc21)C(=O)O. The van der Waals surface area contributed by atoms with Crippen molar-refractivity contribution in [3.63, 3.8) is 0 Å². The number of aliphatic carboxylic acids is 1. The predicted molar refractivity (Wildman–Crippen MR) is 121 cm³/mol. The van der Waals surface area contributed by atoms with Crippen LogP contribution in [0.1, 0.15) is 36.8 Å². The van der Waals surface area contributed by atoms with Crippen molar-refractivity contribution in [1.82, 2.24) is 16.0 Å². The maximum atomic E-state index is 12.1. The normalized spacial score (nSPS) is 12.8. The second-order valence-electron chi connectivity index (χ2n) is 7.70. The first-order chi connectivity index (χ1) is 15.9. The Hall–Kier alpha value is -3.88. The zero-order valence-electron chi connectivity index (χ0n) is 18.3. The summed E-state index contributed by atoms with van der Waals surface area (Å²) in [5, 5.41) is 16.1. The first kappa shape index (κ1) is 23.8. The molecule has 0 fully saturated rings. The van der Waals surface area contributed by atoms with Crippen LogP contribution in [0, 0.1) is 0 Å². The average Bonchev–Trinajstić information content (AvgIpc) is 3.13. The Morgan fingerprint density at radius 1 is 0.909 bits per heavy atom. The van der Waals surface area contributed by atoms with Gasteiger partial charge >= 0.3 is 12.1 Å². The van der Waals surface area contributed by atoms with Gasteiger partial charge in [0.05, 0.1) is 6.54 Å². The van der Waals surface area contributed by atoms with Crippen molar-refractivity contribution >= 4 is 23.9 Å². The van der Waals surface area contributed by atoms with Crippen molar-refractivity contribution < 1.29 is 29.0 Å². The maximum Gasteiger partial charge on any atom is 0.407 e. The molecule has 0 saturated carbocycles. The van der Waals surface area contributed by atoms with Gasteiger partial charge in [-0.05, 0) is 28.7 Å². The van der Waals surface area contributed by atoms with Crippen LogP contribution < -0.4 is 16.0 Å². The number of ether oxygens (including phenoxy) is 1. The van der Waals surface area contributed by atoms with Crippen LogP contribution in [-0.2, 0) is 19.1 Å². The van der Waals surface area contributed by atoms with Crippen molar-refractivity contribution in [1.29, 1.82) is 0 Å². The summed E-state index contributed by atoms with van der Waals surface area (Å²) in [5.41, 5.74) is 4.39. The largest absolute Gasteiger partial charge is 0.480 e. The van der Waals surface area contributed by atoms with Gasteiger partial charge in [-0.25, -0.2) is 9.59 Å². The first-order valence-electron chi connectivity index (χ1n) is 10.8. The van der Waals surface area contributed by atoms with Gasteiger partial charge in [-0.15, -0.1) is 0 Å². The molecule has 174 valence electrons. The van der Waals surface area contributed by atoms with Gasteiger partial charge in [-0.3, -0.25) is 9.59 Å². The number of amides is 3. The molecular formula is C24H27N3O6. The van der Waals surface area contributed by atoms with Crippen LogP contribution >= 0.6 is 0 Å². The zero-order chi connectivity index (χ0) is 23.8. The molecule has 3 amide bonds. The van der Waals surface area contributed by atoms with E-state index in [0.717, 1.165) is 22.3 Å². The molecule has 33 heavy (non-hydrogen) atoms. The Kier molecular flexibility index (Phi) is 8.01. The highest BCUT2D eigenvalue weighted by Gasteiger charge is 2.29. The highest BCUT2D eigenvalue weighted by Crippen LogP contribution is 2.44. The molecule has 4 N–H and O–H groups in total. The summed E-state index contributed by atoms with van der Waals surface area (Å²) in [4.78, 5) is 46.9. The molecule has 0 aromatic heterocycles. The molecule has 9 nitrogen and oxygen atoms in total. The zero-order valence-corrected chi connectivity index (χ0v) is 18.3. The van der Waals surface area contributed by atoms with Gasteiger partial charge in [0.25, 0.3) is 0 Å². The van der Waals surface area contributed by atoms with Crippen molar-refractivity contribution in [2.75, 3.05) is 19.7 Å². The van der Waals surface area contributed by atoms with E-state index in [4.69, 9.17) is 9.84 Å². The summed E-state index contributed by atoms with van der Waals surface area (Å²) in [5.74, 6) is -2.44. The minimum absolute atomic E-state index is 0.0917. The van der Waals surface area contributed by atoms with Crippen LogP contribution in [-0.4, -0.2) is 54.7 Å². The predicted octanol–water partition coefficient (Wildman–Crippen LogP) is 2.01. The van der Waals surface area contributed by atoms with E-state index < -0.39 is 36.5 Å². The molecule has 0 spiro atoms. The topological polar surface area (TPSA) is 134 Å². The van der Waals surface area contributed by atoms with E-state index in [-0.39, 0.29) is 19.1 Å². The molecule has 0 radical (unpaired) electrons. The van der Waals surface area contributed by atoms with Crippen LogP contribution in [0.15, 0.2) is 48.5 Å². The molecule has 1 aliphatic carbocycles. The summed E-state index contributed by atoms with van der Waals surface area (Å²) in [7, 11) is 0. The van der Waals surface area contributed by atoms with Crippen LogP contribution in [0.25, 0.3) is 11.1 Å². The number of carboxylic acid groups (broad SMARTS) is 1. The van der Waals surface area contributed by atoms with E-state index >= 15 is 0 Å². The number of carbonyl (C=O) groups is 4. The van der Waals surface area contributed by atoms with Gasteiger partial charge in [0.1, 0.15) is 19.2 Å². The molecule has 0 saturated heterocycles. The minimum atomic E-state index is -1.13. The molecule has 0 aliphatic heterocycles. The quantitative estimate of drug-likeness (QED) is 0.435. The van der Waals surface area contributed by atoms with Crippen LogP contribution in [0.2, 0.25) is 0 Å². The standard InChI is InChI=1S/C24H27N3O6/c1-2-7-20(23(30)31)27-22(29)13-25-21(28)12-26-24(32)33-14-19-17-10-5-3-8-15(17)16-9-4-6-11-18(16)19/h3-6,8-11,19-20H,2,7,12-14H2,1H3,(H,25,28)(H,26,32)(H,27,29)(H,30,31)/t20-/m1/s1. The molecule has 0 unspecified atom stereocenters. The Labute approximate surface area is 191 Å². The van der Waals surface area contributed by atoms with E-state index in [2.05, 4.69) is 16.0 Å². The van der Waals surface area contributed by atoms with Gasteiger partial charge in [0.15, 0.2) is 0 Å². The lowest BCUT2D eigenvalue weighted by molar-refractivity contribution is -0.141. The number of hydrogen-bond acceptors (Lipinski definition) is 5. The molecule has 1 atom stereocenters. The molecule has 3 rings (SSSR count). The lowest BCUT2D eigenvalue weighted by Crippen LogP contribution is -2.47. The Bertz CT molecular complexity index is 993. The van der Waals surface area contributed by atoms with Crippen LogP contribution in [0.3, 0.4) is 0 Å². The number of carboxylic acids is 1. The second-order valence-corrected chi connectivity index (χ2v) is 7.70. The summed E-state index contributed by atoms with van der Waals surface area (Å²) >= 11 is 0. The Morgan fingerprint density at radius 3 is 2.06 bits per heavy atom. The monoisotopic (exact) mass is 453 g/mol. The minimum Gasteiger partial charge on any atom is -0.480 e. The molecule has 0 bridgehead atoms. The van der Waals surface area contributed by atoms with E-state index in [1.165, 1.54) is 0 Å². The fraction of sp³-hybridized carbons (Fsp3) is 0.333. The molecule has 0 heterocycles. The van der Waals surface area contributed by atoms with Crippen molar-refractivity contribution in [2.45, 2.75) is 31.7 Å². The number of benzene rings is 2. The van der Waals surface area contributed by atoms with Crippen molar-refractivity contribution in [2.24, 2.45) is 0 Å². The summed E-state index contributed by atoms with van der Waals surface area (Å²) < 4.78 is 5.35. The number of fused-ring (bicyclic) bond motifs is 3. The Balaban J connectivity index is 1.42. The number of carbonyl (C=O) groups excluding carboxylic acids is 3. The number of rotatable bonds is 10. The highest BCUT2D eigenvalue weighted by molar-refractivity contribution is 5.89. The second kappa shape index (κ2) is 11.1. The van der Waals surface area contributed by atoms with Gasteiger partial charge in [0, 0.05) is 5.92 Å². The van der Waals surface area contributed by atoms with Gasteiger partial charge in [-0.2, -0.15) is 0 Å². The van der Waals surface area contributed by atoms with Gasteiger partial charge in [0.2, 0.25) is 11.8 Å². The summed E-state index contributed by atoms with van der Waals surface area (Å²) in [6.45, 7) is 1.16. The molecule has 2 aromatic carbocycles. The van der Waals surface area contributed by atoms with Gasteiger partial charge in [-0.1, -0.05) is 61.9 Å². The smallest absolute Gasteiger partial charge is 0.407 e. The van der Waals surface area contributed by atoms with E-state index in [9.17, 15) is 19.2 Å². The van der Waals surface area contributed by atoms with Crippen molar-refractivity contribution in [3.8, 4) is 11.1 Å². The molecule has 9 heteroatoms. The third kappa shape index (κ3) is 6.09. The molecule has 2 aromatic rings. The fourth-order valence-corrected chi connectivity index (χ4v) is 3.83. The van der Waals surface area contributed by atoms with E-state index in [1.807, 2.05) is 48.5 Å². The summed E-state index contributed by atoms with van der Waals surface area (Å²) in [6, 6.07) is 14.9. The number of hydrogen-bond donors (Lipinski definition) is 4. The third-order valence-corrected chi connectivity index (χ3v) is 5.39. The molecular weight excluding hydrogens is 426 g/mol. The number of alkyl carbamates (subject to hydrolysis) is 1. The van der Waals surface area contributed by atoms with Gasteiger partial charge < -0.3 is 25.8 Å². The number of nitrogens with one attached hydrogen (secondary N) is 3. The third-order valence-electron chi connectivity index (χ3n) is 5.39. The summed E-state index contributed by atoms with van der Waals surface area (Å²) in [6.07, 6.45) is 0.136. The Morgan fingerprint density at radius 2 is 1.48 bits per heavy atom. The molecule has 1 aliphatic rings. The average molecular weight is 453 g/mol. The fourth-order valence-electron chi connectivity index (χ4n) is 3.83. The highest BCUT2D eigenvalue weighted by atomic mass is 16.5. The lowest BCUT2D eigenvalue weighted by Gasteiger charge is -2.15. The van der Waals surface area contributed by atoms with Crippen molar-refractivity contribution in [3.05, 3.63) is 59.7 Å².